The molecule has 4 aromatic rings. The van der Waals surface area contributed by atoms with Crippen LogP contribution >= 0.6 is 22.9 Å². The van der Waals surface area contributed by atoms with Crippen LogP contribution in [0.5, 0.6) is 5.75 Å². The van der Waals surface area contributed by atoms with Crippen molar-refractivity contribution in [3.05, 3.63) is 76.6 Å². The van der Waals surface area contributed by atoms with Gasteiger partial charge in [0, 0.05) is 11.1 Å². The molecule has 0 unspecified atom stereocenters. The Balaban J connectivity index is 1.46. The molecule has 1 amide bonds. The Bertz CT molecular complexity index is 1310. The number of amides is 1. The first kappa shape index (κ1) is 22.6. The van der Waals surface area contributed by atoms with E-state index in [1.807, 2.05) is 6.07 Å². The number of carbonyl (C=O) groups is 2. The highest BCUT2D eigenvalue weighted by Crippen LogP contribution is 2.32. The highest BCUT2D eigenvalue weighted by atomic mass is 35.5. The van der Waals surface area contributed by atoms with Crippen LogP contribution in [0.2, 0.25) is 4.34 Å². The van der Waals surface area contributed by atoms with E-state index in [2.05, 4.69) is 15.0 Å². The minimum absolute atomic E-state index is 0.0400. The van der Waals surface area contributed by atoms with Crippen LogP contribution < -0.4 is 10.1 Å². The topological polar surface area (TPSA) is 77.5 Å². The molecule has 0 aliphatic rings. The molecule has 10 heteroatoms. The van der Waals surface area contributed by atoms with Crippen molar-refractivity contribution in [2.45, 2.75) is 6.61 Å². The van der Waals surface area contributed by atoms with Gasteiger partial charge in [0.25, 0.3) is 5.91 Å². The number of aromatic nitrogens is 1. The highest BCUT2D eigenvalue weighted by Gasteiger charge is 2.17. The zero-order valence-corrected chi connectivity index (χ0v) is 18.3. The minimum atomic E-state index is -2.94. The number of anilines is 1. The van der Waals surface area contributed by atoms with Crippen LogP contribution in [0.25, 0.3) is 21.5 Å². The summed E-state index contributed by atoms with van der Waals surface area (Å²) in [5.41, 5.74) is 1.76. The largest absolute Gasteiger partial charge is 0.452 e. The van der Waals surface area contributed by atoms with Gasteiger partial charge in [-0.1, -0.05) is 29.8 Å². The quantitative estimate of drug-likeness (QED) is 0.322. The Morgan fingerprint density at radius 2 is 1.82 bits per heavy atom. The second kappa shape index (κ2) is 9.93. The monoisotopic (exact) mass is 488 g/mol. The fourth-order valence-corrected chi connectivity index (χ4v) is 4.05. The van der Waals surface area contributed by atoms with Crippen LogP contribution in [0.3, 0.4) is 0 Å². The third-order valence-electron chi connectivity index (χ3n) is 4.46. The summed E-state index contributed by atoms with van der Waals surface area (Å²) in [5.74, 6) is -1.32. The predicted octanol–water partition coefficient (Wildman–Crippen LogP) is 6.01. The van der Waals surface area contributed by atoms with Crippen molar-refractivity contribution in [3.8, 4) is 16.3 Å². The molecule has 0 saturated carbocycles. The van der Waals surface area contributed by atoms with Crippen molar-refractivity contribution in [1.29, 1.82) is 0 Å². The van der Waals surface area contributed by atoms with Gasteiger partial charge in [-0.3, -0.25) is 4.79 Å². The minimum Gasteiger partial charge on any atom is -0.452 e. The van der Waals surface area contributed by atoms with E-state index in [9.17, 15) is 18.4 Å². The van der Waals surface area contributed by atoms with Crippen LogP contribution in [0.15, 0.2) is 66.7 Å². The maximum absolute atomic E-state index is 12.8. The molecule has 0 fully saturated rings. The Morgan fingerprint density at radius 1 is 1.06 bits per heavy atom. The van der Waals surface area contributed by atoms with Crippen LogP contribution in [0, 0.1) is 0 Å². The molecular formula is C23H15ClF2N2O4S. The SMILES string of the molecule is O=C(COC(=O)c1cc(-c2ccc(Cl)s2)nc2ccccc12)Nc1ccc(OC(F)F)cc1. The summed E-state index contributed by atoms with van der Waals surface area (Å²) in [6, 6.07) is 17.6. The van der Waals surface area contributed by atoms with Gasteiger partial charge in [-0.15, -0.1) is 11.3 Å². The van der Waals surface area contributed by atoms with Crippen LogP contribution in [0.4, 0.5) is 14.5 Å². The lowest BCUT2D eigenvalue weighted by atomic mass is 10.1. The Hall–Kier alpha value is -3.56. The van der Waals surface area contributed by atoms with E-state index < -0.39 is 25.1 Å². The van der Waals surface area contributed by atoms with Gasteiger partial charge in [0.1, 0.15) is 5.75 Å². The van der Waals surface area contributed by atoms with E-state index in [-0.39, 0.29) is 11.3 Å². The predicted molar refractivity (Wildman–Crippen MR) is 122 cm³/mol. The molecule has 1 N–H and O–H groups in total. The Labute approximate surface area is 195 Å². The Morgan fingerprint density at radius 3 is 2.52 bits per heavy atom. The van der Waals surface area contributed by atoms with Gasteiger partial charge in [-0.05, 0) is 48.5 Å². The second-order valence-corrected chi connectivity index (χ2v) is 8.42. The number of alkyl halides is 2. The molecule has 4 rings (SSSR count). The van der Waals surface area contributed by atoms with Crippen molar-refractivity contribution in [2.24, 2.45) is 0 Å². The van der Waals surface area contributed by atoms with E-state index in [1.165, 1.54) is 35.6 Å². The summed E-state index contributed by atoms with van der Waals surface area (Å²) in [5, 5.41) is 3.11. The third-order valence-corrected chi connectivity index (χ3v) is 5.71. The highest BCUT2D eigenvalue weighted by molar-refractivity contribution is 7.19. The number of para-hydroxylation sites is 1. The number of hydrogen-bond acceptors (Lipinski definition) is 6. The van der Waals surface area contributed by atoms with Crippen molar-refractivity contribution < 1.29 is 27.8 Å². The maximum Gasteiger partial charge on any atom is 0.387 e. The molecular weight excluding hydrogens is 474 g/mol. The maximum atomic E-state index is 12.8. The molecule has 0 radical (unpaired) electrons. The van der Waals surface area contributed by atoms with Crippen LogP contribution in [0.1, 0.15) is 10.4 Å². The van der Waals surface area contributed by atoms with E-state index >= 15 is 0 Å². The lowest BCUT2D eigenvalue weighted by Gasteiger charge is -2.10. The first-order valence-electron chi connectivity index (χ1n) is 9.56. The summed E-state index contributed by atoms with van der Waals surface area (Å²) in [7, 11) is 0. The van der Waals surface area contributed by atoms with Gasteiger partial charge in [0.05, 0.1) is 26.0 Å². The number of esters is 1. The number of carbonyl (C=O) groups excluding carboxylic acids is 2. The molecule has 0 bridgehead atoms. The number of fused-ring (bicyclic) bond motifs is 1. The molecule has 0 aliphatic carbocycles. The van der Waals surface area contributed by atoms with Crippen LogP contribution in [-0.4, -0.2) is 30.1 Å². The molecule has 0 spiro atoms. The number of hydrogen-bond donors (Lipinski definition) is 1. The molecule has 33 heavy (non-hydrogen) atoms. The second-order valence-electron chi connectivity index (χ2n) is 6.70. The van der Waals surface area contributed by atoms with Crippen molar-refractivity contribution in [3.63, 3.8) is 0 Å². The Kier molecular flexibility index (Phi) is 6.81. The van der Waals surface area contributed by atoms with E-state index in [1.54, 1.807) is 36.4 Å². The normalized spacial score (nSPS) is 10.9. The summed E-state index contributed by atoms with van der Waals surface area (Å²) in [6.07, 6.45) is 0. The standard InChI is InChI=1S/C23H15ClF2N2O4S/c24-20-10-9-19(33-20)18-11-16(15-3-1-2-4-17(15)28-18)22(30)31-12-21(29)27-13-5-7-14(8-6-13)32-23(25)26/h1-11,23H,12H2,(H,27,29). The molecule has 2 heterocycles. The summed E-state index contributed by atoms with van der Waals surface area (Å²) in [4.78, 5) is 30.4. The molecule has 0 atom stereocenters. The first-order valence-corrected chi connectivity index (χ1v) is 10.8. The summed E-state index contributed by atoms with van der Waals surface area (Å²) < 4.78 is 34.5. The fraction of sp³-hybridized carbons (Fsp3) is 0.0870. The van der Waals surface area contributed by atoms with E-state index in [4.69, 9.17) is 16.3 Å². The number of pyridine rings is 1. The van der Waals surface area contributed by atoms with E-state index in [0.29, 0.717) is 26.6 Å². The third kappa shape index (κ3) is 5.63. The number of rotatable bonds is 7. The molecule has 2 aromatic carbocycles. The van der Waals surface area contributed by atoms with Gasteiger partial charge >= 0.3 is 12.6 Å². The number of ether oxygens (including phenoxy) is 2. The lowest BCUT2D eigenvalue weighted by Crippen LogP contribution is -2.21. The lowest BCUT2D eigenvalue weighted by molar-refractivity contribution is -0.119. The molecule has 2 aromatic heterocycles. The van der Waals surface area contributed by atoms with Crippen molar-refractivity contribution in [1.82, 2.24) is 4.98 Å². The van der Waals surface area contributed by atoms with Gasteiger partial charge in [-0.2, -0.15) is 8.78 Å². The van der Waals surface area contributed by atoms with Gasteiger partial charge in [0.15, 0.2) is 6.61 Å². The summed E-state index contributed by atoms with van der Waals surface area (Å²) in [6.45, 7) is -3.48. The fourth-order valence-electron chi connectivity index (χ4n) is 3.05. The average molecular weight is 489 g/mol. The number of benzene rings is 2. The van der Waals surface area contributed by atoms with Crippen molar-refractivity contribution >= 4 is 51.4 Å². The number of nitrogens with zero attached hydrogens (tertiary/aromatic N) is 1. The zero-order valence-electron chi connectivity index (χ0n) is 16.8. The average Bonchev–Trinajstić information content (AvgIpc) is 3.24. The van der Waals surface area contributed by atoms with Crippen molar-refractivity contribution in [2.75, 3.05) is 11.9 Å². The van der Waals surface area contributed by atoms with Gasteiger partial charge < -0.3 is 14.8 Å². The first-order chi connectivity index (χ1) is 15.9. The summed E-state index contributed by atoms with van der Waals surface area (Å²) >= 11 is 7.36. The van der Waals surface area contributed by atoms with Crippen LogP contribution in [-0.2, 0) is 9.53 Å². The number of halogens is 3. The molecule has 168 valence electrons. The zero-order chi connectivity index (χ0) is 23.4. The smallest absolute Gasteiger partial charge is 0.387 e. The molecule has 6 nitrogen and oxygen atoms in total. The number of nitrogens with one attached hydrogen (secondary N) is 1. The van der Waals surface area contributed by atoms with Gasteiger partial charge in [0.2, 0.25) is 0 Å². The van der Waals surface area contributed by atoms with E-state index in [0.717, 1.165) is 4.88 Å². The number of thiophene rings is 1. The van der Waals surface area contributed by atoms with Gasteiger partial charge in [-0.25, -0.2) is 9.78 Å². The molecule has 0 saturated heterocycles. The molecule has 0 aliphatic heterocycles.